The highest BCUT2D eigenvalue weighted by Gasteiger charge is 2.17. The fourth-order valence-electron chi connectivity index (χ4n) is 2.25. The zero-order chi connectivity index (χ0) is 16.7. The molecule has 124 valence electrons. The number of methoxy groups -OCH3 is 1. The summed E-state index contributed by atoms with van der Waals surface area (Å²) in [6.07, 6.45) is 4.15. The Morgan fingerprint density at radius 2 is 2.04 bits per heavy atom. The third-order valence-electron chi connectivity index (χ3n) is 3.54. The molecule has 23 heavy (non-hydrogen) atoms. The molecule has 6 heteroatoms. The number of carbonyl (C=O) groups excluding carboxylic acids is 1. The lowest BCUT2D eigenvalue weighted by molar-refractivity contribution is -0.0269. The van der Waals surface area contributed by atoms with Crippen molar-refractivity contribution < 1.29 is 19.0 Å². The second kappa shape index (κ2) is 8.24. The SMILES string of the molecule is COC(/C=C(\N)c1ccc(C=O)cc1)=C(/N)O[C@H]1CCCOC1. The molecule has 0 spiro atoms. The highest BCUT2D eigenvalue weighted by Crippen LogP contribution is 2.17. The van der Waals surface area contributed by atoms with E-state index in [0.717, 1.165) is 31.3 Å². The van der Waals surface area contributed by atoms with Crippen LogP contribution in [0.3, 0.4) is 0 Å². The molecule has 4 N–H and O–H groups in total. The van der Waals surface area contributed by atoms with E-state index < -0.39 is 0 Å². The molecule has 0 bridgehead atoms. The van der Waals surface area contributed by atoms with Gasteiger partial charge in [-0.05, 0) is 18.4 Å². The zero-order valence-electron chi connectivity index (χ0n) is 13.2. The number of hydrogen-bond donors (Lipinski definition) is 2. The molecule has 0 saturated carbocycles. The number of ether oxygens (including phenoxy) is 3. The summed E-state index contributed by atoms with van der Waals surface area (Å²) >= 11 is 0. The summed E-state index contributed by atoms with van der Waals surface area (Å²) < 4.78 is 16.3. The largest absolute Gasteiger partial charge is 0.491 e. The van der Waals surface area contributed by atoms with Gasteiger partial charge in [0.05, 0.1) is 13.7 Å². The zero-order valence-corrected chi connectivity index (χ0v) is 13.2. The summed E-state index contributed by atoms with van der Waals surface area (Å²) in [5, 5.41) is 0. The smallest absolute Gasteiger partial charge is 0.228 e. The molecule has 1 saturated heterocycles. The summed E-state index contributed by atoms with van der Waals surface area (Å²) in [6, 6.07) is 6.90. The van der Waals surface area contributed by atoms with Crippen molar-refractivity contribution >= 4 is 12.0 Å². The molecule has 1 aliphatic rings. The van der Waals surface area contributed by atoms with Gasteiger partial charge in [-0.3, -0.25) is 4.79 Å². The first-order chi connectivity index (χ1) is 11.1. The van der Waals surface area contributed by atoms with Crippen LogP contribution >= 0.6 is 0 Å². The van der Waals surface area contributed by atoms with E-state index in [4.69, 9.17) is 25.7 Å². The van der Waals surface area contributed by atoms with Crippen molar-refractivity contribution in [2.24, 2.45) is 11.5 Å². The highest BCUT2D eigenvalue weighted by molar-refractivity contribution is 5.76. The molecule has 0 radical (unpaired) electrons. The van der Waals surface area contributed by atoms with Crippen LogP contribution in [0.1, 0.15) is 28.8 Å². The Balaban J connectivity index is 2.13. The van der Waals surface area contributed by atoms with Crippen molar-refractivity contribution in [2.45, 2.75) is 18.9 Å². The van der Waals surface area contributed by atoms with E-state index in [1.54, 1.807) is 30.3 Å². The van der Waals surface area contributed by atoms with Crippen LogP contribution in [0.15, 0.2) is 42.0 Å². The minimum absolute atomic E-state index is 0.0737. The van der Waals surface area contributed by atoms with Gasteiger partial charge >= 0.3 is 0 Å². The Bertz CT molecular complexity index is 587. The minimum atomic E-state index is -0.0737. The second-order valence-electron chi connectivity index (χ2n) is 5.23. The minimum Gasteiger partial charge on any atom is -0.491 e. The Morgan fingerprint density at radius 1 is 1.30 bits per heavy atom. The van der Waals surface area contributed by atoms with Crippen molar-refractivity contribution in [3.05, 3.63) is 53.1 Å². The summed E-state index contributed by atoms with van der Waals surface area (Å²) in [5.41, 5.74) is 13.8. The summed E-state index contributed by atoms with van der Waals surface area (Å²) in [4.78, 5) is 10.7. The molecule has 1 heterocycles. The molecule has 6 nitrogen and oxygen atoms in total. The molecule has 1 aliphatic heterocycles. The van der Waals surface area contributed by atoms with Crippen molar-refractivity contribution in [1.29, 1.82) is 0 Å². The van der Waals surface area contributed by atoms with E-state index >= 15 is 0 Å². The van der Waals surface area contributed by atoms with Crippen LogP contribution in [0, 0.1) is 0 Å². The topological polar surface area (TPSA) is 96.8 Å². The quantitative estimate of drug-likeness (QED) is 0.471. The van der Waals surface area contributed by atoms with Crippen LogP contribution in [0.5, 0.6) is 0 Å². The molecule has 2 rings (SSSR count). The van der Waals surface area contributed by atoms with Crippen molar-refractivity contribution in [2.75, 3.05) is 20.3 Å². The third kappa shape index (κ3) is 4.75. The summed E-state index contributed by atoms with van der Waals surface area (Å²) in [7, 11) is 1.50. The first-order valence-corrected chi connectivity index (χ1v) is 7.45. The summed E-state index contributed by atoms with van der Waals surface area (Å²) in [5.74, 6) is 0.531. The third-order valence-corrected chi connectivity index (χ3v) is 3.54. The van der Waals surface area contributed by atoms with E-state index in [1.165, 1.54) is 7.11 Å². The number of carbonyl (C=O) groups is 1. The number of aldehydes is 1. The average molecular weight is 318 g/mol. The van der Waals surface area contributed by atoms with E-state index in [-0.39, 0.29) is 12.0 Å². The van der Waals surface area contributed by atoms with Gasteiger partial charge in [0.25, 0.3) is 0 Å². The number of benzene rings is 1. The summed E-state index contributed by atoms with van der Waals surface area (Å²) in [6.45, 7) is 1.27. The molecule has 1 fully saturated rings. The first kappa shape index (κ1) is 16.9. The highest BCUT2D eigenvalue weighted by atomic mass is 16.6. The van der Waals surface area contributed by atoms with Crippen molar-refractivity contribution in [3.63, 3.8) is 0 Å². The predicted octanol–water partition coefficient (Wildman–Crippen LogP) is 1.77. The van der Waals surface area contributed by atoms with Crippen molar-refractivity contribution in [1.82, 2.24) is 0 Å². The van der Waals surface area contributed by atoms with Gasteiger partial charge in [0, 0.05) is 23.9 Å². The average Bonchev–Trinajstić information content (AvgIpc) is 2.60. The van der Waals surface area contributed by atoms with E-state index in [2.05, 4.69) is 0 Å². The Kier molecular flexibility index (Phi) is 6.05. The molecule has 0 aromatic heterocycles. The number of nitrogens with two attached hydrogens (primary N) is 2. The lowest BCUT2D eigenvalue weighted by Gasteiger charge is -2.23. The van der Waals surface area contributed by atoms with Crippen LogP contribution in [0.2, 0.25) is 0 Å². The normalized spacial score (nSPS) is 19.7. The number of allylic oxidation sites excluding steroid dienone is 1. The number of rotatable bonds is 6. The van der Waals surface area contributed by atoms with Crippen LogP contribution in [0.4, 0.5) is 0 Å². The monoisotopic (exact) mass is 318 g/mol. The second-order valence-corrected chi connectivity index (χ2v) is 5.23. The molecule has 0 aliphatic carbocycles. The van der Waals surface area contributed by atoms with E-state index in [1.807, 2.05) is 0 Å². The van der Waals surface area contributed by atoms with Gasteiger partial charge in [-0.1, -0.05) is 24.3 Å². The molecule has 1 atom stereocenters. The predicted molar refractivity (Wildman–Crippen MR) is 87.1 cm³/mol. The van der Waals surface area contributed by atoms with Gasteiger partial charge in [0.2, 0.25) is 5.88 Å². The lowest BCUT2D eigenvalue weighted by Crippen LogP contribution is -2.27. The van der Waals surface area contributed by atoms with Crippen LogP contribution in [-0.2, 0) is 14.2 Å². The van der Waals surface area contributed by atoms with Gasteiger partial charge in [-0.15, -0.1) is 0 Å². The fourth-order valence-corrected chi connectivity index (χ4v) is 2.25. The molecule has 1 aromatic carbocycles. The van der Waals surface area contributed by atoms with Gasteiger partial charge in [0.15, 0.2) is 5.76 Å². The standard InChI is InChI=1S/C17H22N2O4/c1-21-16(17(19)23-14-3-2-8-22-11-14)9-15(18)13-6-4-12(10-20)5-7-13/h4-7,9-10,14H,2-3,8,11,18-19H2,1H3/b15-9-,17-16-/t14-/m0/s1. The van der Waals surface area contributed by atoms with Gasteiger partial charge in [0.1, 0.15) is 12.4 Å². The lowest BCUT2D eigenvalue weighted by atomic mass is 10.1. The Labute approximate surface area is 135 Å². The van der Waals surface area contributed by atoms with Crippen LogP contribution in [0.25, 0.3) is 5.70 Å². The van der Waals surface area contributed by atoms with Crippen molar-refractivity contribution in [3.8, 4) is 0 Å². The first-order valence-electron chi connectivity index (χ1n) is 7.45. The maximum Gasteiger partial charge on any atom is 0.228 e. The van der Waals surface area contributed by atoms with Gasteiger partial charge < -0.3 is 25.7 Å². The molecule has 0 unspecified atom stereocenters. The number of hydrogen-bond acceptors (Lipinski definition) is 6. The molecule has 1 aromatic rings. The Hall–Kier alpha value is -2.47. The van der Waals surface area contributed by atoms with Crippen LogP contribution in [-0.4, -0.2) is 32.7 Å². The molecular formula is C17H22N2O4. The van der Waals surface area contributed by atoms with Gasteiger partial charge in [-0.25, -0.2) is 0 Å². The van der Waals surface area contributed by atoms with E-state index in [0.29, 0.717) is 23.6 Å². The van der Waals surface area contributed by atoms with E-state index in [9.17, 15) is 4.79 Å². The maximum atomic E-state index is 10.7. The molecular weight excluding hydrogens is 296 g/mol. The molecule has 0 amide bonds. The van der Waals surface area contributed by atoms with Crippen LogP contribution < -0.4 is 11.5 Å². The fraction of sp³-hybridized carbons (Fsp3) is 0.353. The van der Waals surface area contributed by atoms with Gasteiger partial charge in [-0.2, -0.15) is 0 Å². The Morgan fingerprint density at radius 3 is 2.61 bits per heavy atom. The maximum absolute atomic E-state index is 10.7.